The average Bonchev–Trinajstić information content (AvgIpc) is 3.52. The van der Waals surface area contributed by atoms with Gasteiger partial charge in [-0.1, -0.05) is 6.07 Å². The second kappa shape index (κ2) is 9.47. The molecule has 0 unspecified atom stereocenters. The maximum Gasteiger partial charge on any atom is 0.344 e. The van der Waals surface area contributed by atoms with Crippen molar-refractivity contribution in [2.75, 3.05) is 37.6 Å². The first-order chi connectivity index (χ1) is 16.9. The van der Waals surface area contributed by atoms with Crippen molar-refractivity contribution in [1.29, 1.82) is 0 Å². The molecule has 4 heterocycles. The van der Waals surface area contributed by atoms with Crippen LogP contribution in [-0.4, -0.2) is 75.6 Å². The standard InChI is InChI=1S/C27H35N5O3/c1-20-7-8-22(24(19-20)29-13-4-3-5-14-29)25(34)31-15-6-10-27(31)11-17-30(18-12-27)26(35)32-16-9-23(28-32)21(2)33/h7-9,16,19H,3-6,10-15,17-18H2,1-2H3. The van der Waals surface area contributed by atoms with Gasteiger partial charge in [-0.3, -0.25) is 9.59 Å². The Bertz CT molecular complexity index is 1130. The number of rotatable bonds is 3. The Balaban J connectivity index is 1.32. The van der Waals surface area contributed by atoms with Gasteiger partial charge in [0.1, 0.15) is 5.69 Å². The quantitative estimate of drug-likeness (QED) is 0.622. The average molecular weight is 478 g/mol. The van der Waals surface area contributed by atoms with E-state index in [4.69, 9.17) is 0 Å². The lowest BCUT2D eigenvalue weighted by molar-refractivity contribution is 0.0421. The summed E-state index contributed by atoms with van der Waals surface area (Å²) in [5.74, 6) is -0.0321. The van der Waals surface area contributed by atoms with Crippen molar-refractivity contribution in [1.82, 2.24) is 19.6 Å². The van der Waals surface area contributed by atoms with Crippen LogP contribution in [0.4, 0.5) is 10.5 Å². The number of nitrogens with zero attached hydrogens (tertiary/aromatic N) is 5. The molecule has 1 spiro atoms. The van der Waals surface area contributed by atoms with Gasteiger partial charge in [0.05, 0.1) is 5.56 Å². The number of Topliss-reactive ketones (excluding diaryl/α,β-unsaturated/α-hetero) is 1. The highest BCUT2D eigenvalue weighted by Gasteiger charge is 2.46. The van der Waals surface area contributed by atoms with Crippen LogP contribution in [0.25, 0.3) is 0 Å². The van der Waals surface area contributed by atoms with Crippen molar-refractivity contribution >= 4 is 23.4 Å². The number of benzene rings is 1. The summed E-state index contributed by atoms with van der Waals surface area (Å²) in [7, 11) is 0. The Labute approximate surface area is 206 Å². The van der Waals surface area contributed by atoms with E-state index in [1.807, 2.05) is 12.1 Å². The summed E-state index contributed by atoms with van der Waals surface area (Å²) in [6.07, 6.45) is 8.63. The first kappa shape index (κ1) is 23.6. The minimum atomic E-state index is -0.214. The number of hydrogen-bond donors (Lipinski definition) is 0. The van der Waals surface area contributed by atoms with Crippen molar-refractivity contribution in [3.8, 4) is 0 Å². The van der Waals surface area contributed by atoms with Gasteiger partial charge in [0, 0.05) is 57.1 Å². The Morgan fingerprint density at radius 3 is 2.31 bits per heavy atom. The van der Waals surface area contributed by atoms with Crippen molar-refractivity contribution in [2.45, 2.75) is 64.3 Å². The van der Waals surface area contributed by atoms with Crippen molar-refractivity contribution in [3.63, 3.8) is 0 Å². The van der Waals surface area contributed by atoms with Gasteiger partial charge < -0.3 is 14.7 Å². The monoisotopic (exact) mass is 477 g/mol. The SMILES string of the molecule is CC(=O)c1ccn(C(=O)N2CCC3(CCCN3C(=O)c3ccc(C)cc3N3CCCCC3)CC2)n1. The summed E-state index contributed by atoms with van der Waals surface area (Å²) in [6, 6.07) is 7.59. The van der Waals surface area contributed by atoms with Gasteiger partial charge in [0.2, 0.25) is 0 Å². The number of piperidine rings is 2. The molecule has 5 rings (SSSR count). The van der Waals surface area contributed by atoms with Crippen LogP contribution < -0.4 is 4.90 Å². The Kier molecular flexibility index (Phi) is 6.38. The van der Waals surface area contributed by atoms with E-state index in [1.165, 1.54) is 36.4 Å². The zero-order chi connectivity index (χ0) is 24.6. The lowest BCUT2D eigenvalue weighted by atomic mass is 9.84. The highest BCUT2D eigenvalue weighted by atomic mass is 16.2. The van der Waals surface area contributed by atoms with E-state index in [0.717, 1.165) is 56.6 Å². The number of likely N-dealkylation sites (tertiary alicyclic amines) is 2. The molecule has 2 aromatic rings. The Hall–Kier alpha value is -3.16. The third kappa shape index (κ3) is 4.46. The molecule has 8 heteroatoms. The molecule has 0 atom stereocenters. The van der Waals surface area contributed by atoms with Crippen LogP contribution in [0.2, 0.25) is 0 Å². The normalized spacial score (nSPS) is 19.9. The van der Waals surface area contributed by atoms with Gasteiger partial charge in [0.15, 0.2) is 5.78 Å². The molecule has 0 N–H and O–H groups in total. The molecule has 2 amide bonds. The predicted molar refractivity (Wildman–Crippen MR) is 134 cm³/mol. The van der Waals surface area contributed by atoms with E-state index in [1.54, 1.807) is 17.2 Å². The highest BCUT2D eigenvalue weighted by Crippen LogP contribution is 2.40. The fourth-order valence-electron chi connectivity index (χ4n) is 6.02. The number of aryl methyl sites for hydroxylation is 1. The Morgan fingerprint density at radius 2 is 1.63 bits per heavy atom. The van der Waals surface area contributed by atoms with E-state index in [9.17, 15) is 14.4 Å². The first-order valence-electron chi connectivity index (χ1n) is 12.9. The molecule has 3 aliphatic heterocycles. The lowest BCUT2D eigenvalue weighted by Gasteiger charge is -2.45. The van der Waals surface area contributed by atoms with Gasteiger partial charge in [-0.05, 0) is 75.6 Å². The lowest BCUT2D eigenvalue weighted by Crippen LogP contribution is -2.55. The summed E-state index contributed by atoms with van der Waals surface area (Å²) in [4.78, 5) is 44.7. The van der Waals surface area contributed by atoms with E-state index < -0.39 is 0 Å². The first-order valence-corrected chi connectivity index (χ1v) is 12.9. The molecular weight excluding hydrogens is 442 g/mol. The maximum atomic E-state index is 14.0. The zero-order valence-corrected chi connectivity index (χ0v) is 20.8. The molecule has 186 valence electrons. The minimum Gasteiger partial charge on any atom is -0.371 e. The number of aromatic nitrogens is 2. The second-order valence-electron chi connectivity index (χ2n) is 10.3. The predicted octanol–water partition coefficient (Wildman–Crippen LogP) is 4.12. The number of anilines is 1. The maximum absolute atomic E-state index is 14.0. The third-order valence-corrected chi connectivity index (χ3v) is 8.03. The molecule has 0 radical (unpaired) electrons. The topological polar surface area (TPSA) is 78.8 Å². The van der Waals surface area contributed by atoms with Gasteiger partial charge in [-0.15, -0.1) is 0 Å². The highest BCUT2D eigenvalue weighted by molar-refractivity contribution is 6.00. The molecule has 1 aromatic heterocycles. The van der Waals surface area contributed by atoms with Gasteiger partial charge in [-0.25, -0.2) is 4.79 Å². The number of carbonyl (C=O) groups excluding carboxylic acids is 3. The van der Waals surface area contributed by atoms with E-state index in [0.29, 0.717) is 18.8 Å². The van der Waals surface area contributed by atoms with Gasteiger partial charge in [0.25, 0.3) is 5.91 Å². The molecule has 3 fully saturated rings. The number of ketones is 1. The number of amides is 2. The summed E-state index contributed by atoms with van der Waals surface area (Å²) in [5.41, 5.74) is 3.15. The fourth-order valence-corrected chi connectivity index (χ4v) is 6.02. The summed E-state index contributed by atoms with van der Waals surface area (Å²) in [5, 5.41) is 4.12. The molecular formula is C27H35N5O3. The van der Waals surface area contributed by atoms with Gasteiger partial charge >= 0.3 is 6.03 Å². The van der Waals surface area contributed by atoms with Crippen molar-refractivity contribution in [2.24, 2.45) is 0 Å². The molecule has 3 aliphatic rings. The smallest absolute Gasteiger partial charge is 0.344 e. The number of hydrogen-bond acceptors (Lipinski definition) is 5. The zero-order valence-electron chi connectivity index (χ0n) is 20.8. The Morgan fingerprint density at radius 1 is 0.886 bits per heavy atom. The molecule has 1 aromatic carbocycles. The van der Waals surface area contributed by atoms with Gasteiger partial charge in [-0.2, -0.15) is 9.78 Å². The van der Waals surface area contributed by atoms with Crippen LogP contribution in [0.15, 0.2) is 30.5 Å². The summed E-state index contributed by atoms with van der Waals surface area (Å²) >= 11 is 0. The van der Waals surface area contributed by atoms with Crippen molar-refractivity contribution in [3.05, 3.63) is 47.3 Å². The largest absolute Gasteiger partial charge is 0.371 e. The molecule has 0 saturated carbocycles. The molecule has 35 heavy (non-hydrogen) atoms. The minimum absolute atomic E-state index is 0.126. The fraction of sp³-hybridized carbons (Fsp3) is 0.556. The van der Waals surface area contributed by atoms with Crippen LogP contribution >= 0.6 is 0 Å². The van der Waals surface area contributed by atoms with Crippen LogP contribution in [0.3, 0.4) is 0 Å². The molecule has 3 saturated heterocycles. The van der Waals surface area contributed by atoms with E-state index in [2.05, 4.69) is 27.9 Å². The molecule has 0 bridgehead atoms. The van der Waals surface area contributed by atoms with E-state index >= 15 is 0 Å². The van der Waals surface area contributed by atoms with Crippen LogP contribution in [0, 0.1) is 6.92 Å². The van der Waals surface area contributed by atoms with Crippen LogP contribution in [0.5, 0.6) is 0 Å². The van der Waals surface area contributed by atoms with Crippen LogP contribution in [0.1, 0.15) is 78.3 Å². The summed E-state index contributed by atoms with van der Waals surface area (Å²) in [6.45, 7) is 7.45. The molecule has 0 aliphatic carbocycles. The third-order valence-electron chi connectivity index (χ3n) is 8.03. The summed E-state index contributed by atoms with van der Waals surface area (Å²) < 4.78 is 1.25. The van der Waals surface area contributed by atoms with E-state index in [-0.39, 0.29) is 23.3 Å². The van der Waals surface area contributed by atoms with Crippen LogP contribution in [-0.2, 0) is 0 Å². The number of carbonyl (C=O) groups is 3. The second-order valence-corrected chi connectivity index (χ2v) is 10.3. The van der Waals surface area contributed by atoms with Crippen molar-refractivity contribution < 1.29 is 14.4 Å². The molecule has 8 nitrogen and oxygen atoms in total.